The monoisotopic (exact) mass is 351 g/mol. The molecule has 9 heteroatoms. The van der Waals surface area contributed by atoms with E-state index in [1.807, 2.05) is 0 Å². The molecule has 2 N–H and O–H groups in total. The van der Waals surface area contributed by atoms with E-state index in [0.717, 1.165) is 0 Å². The molecule has 25 heavy (non-hydrogen) atoms. The molecule has 0 atom stereocenters. The molecule has 136 valence electrons. The second-order valence-electron chi connectivity index (χ2n) is 5.77. The van der Waals surface area contributed by atoms with Gasteiger partial charge in [-0.1, -0.05) is 0 Å². The number of nitro benzene ring substituents is 1. The first kappa shape index (κ1) is 20.1. The summed E-state index contributed by atoms with van der Waals surface area (Å²) in [5.41, 5.74) is 0.457. The fourth-order valence-electron chi connectivity index (χ4n) is 2.25. The lowest BCUT2D eigenvalue weighted by molar-refractivity contribution is -0.385. The van der Waals surface area contributed by atoms with Crippen molar-refractivity contribution in [1.82, 2.24) is 10.2 Å². The highest BCUT2D eigenvalue weighted by Gasteiger charge is 2.19. The van der Waals surface area contributed by atoms with Crippen LogP contribution in [0.1, 0.15) is 36.2 Å². The second kappa shape index (κ2) is 8.76. The molecule has 0 spiro atoms. The van der Waals surface area contributed by atoms with Crippen molar-refractivity contribution in [2.75, 3.05) is 13.1 Å². The van der Waals surface area contributed by atoms with Crippen molar-refractivity contribution < 1.29 is 24.4 Å². The van der Waals surface area contributed by atoms with Gasteiger partial charge in [0.25, 0.3) is 11.6 Å². The molecule has 0 aromatic heterocycles. The minimum absolute atomic E-state index is 0.0539. The van der Waals surface area contributed by atoms with Crippen LogP contribution in [0.5, 0.6) is 0 Å². The fourth-order valence-corrected chi connectivity index (χ4v) is 2.25. The molecular weight excluding hydrogens is 330 g/mol. The third kappa shape index (κ3) is 5.87. The van der Waals surface area contributed by atoms with Gasteiger partial charge in [0.1, 0.15) is 0 Å². The Bertz CT molecular complexity index is 686. The molecule has 0 bridgehead atoms. The Kier molecular flexibility index (Phi) is 7.04. The lowest BCUT2D eigenvalue weighted by Crippen LogP contribution is -2.44. The fraction of sp³-hybridized carbons (Fsp3) is 0.438. The predicted molar refractivity (Wildman–Crippen MR) is 89.3 cm³/mol. The predicted octanol–water partition coefficient (Wildman–Crippen LogP) is 1.34. The maximum Gasteiger partial charge on any atom is 0.305 e. The molecule has 1 aromatic carbocycles. The van der Waals surface area contributed by atoms with E-state index in [1.165, 1.54) is 30.0 Å². The molecule has 2 amide bonds. The van der Waals surface area contributed by atoms with Crippen molar-refractivity contribution in [1.29, 1.82) is 0 Å². The van der Waals surface area contributed by atoms with Gasteiger partial charge in [-0.05, 0) is 32.9 Å². The minimum Gasteiger partial charge on any atom is -0.481 e. The number of nitrogens with one attached hydrogen (secondary N) is 1. The zero-order valence-corrected chi connectivity index (χ0v) is 14.3. The number of carboxylic acids is 1. The van der Waals surface area contributed by atoms with E-state index in [9.17, 15) is 24.5 Å². The number of nitrogens with zero attached hydrogens (tertiary/aromatic N) is 2. The maximum atomic E-state index is 12.2. The van der Waals surface area contributed by atoms with Crippen molar-refractivity contribution >= 4 is 23.5 Å². The number of carbonyl (C=O) groups excluding carboxylic acids is 2. The van der Waals surface area contributed by atoms with E-state index < -0.39 is 22.7 Å². The average Bonchev–Trinajstić information content (AvgIpc) is 2.51. The van der Waals surface area contributed by atoms with Crippen molar-refractivity contribution in [3.63, 3.8) is 0 Å². The molecule has 1 aromatic rings. The topological polar surface area (TPSA) is 130 Å². The van der Waals surface area contributed by atoms with Crippen LogP contribution in [-0.4, -0.2) is 51.8 Å². The van der Waals surface area contributed by atoms with Crippen LogP contribution in [0.4, 0.5) is 5.69 Å². The second-order valence-corrected chi connectivity index (χ2v) is 5.77. The molecule has 0 aliphatic rings. The van der Waals surface area contributed by atoms with E-state index in [2.05, 4.69) is 5.32 Å². The molecular formula is C16H21N3O6. The molecule has 0 heterocycles. The van der Waals surface area contributed by atoms with Crippen LogP contribution >= 0.6 is 0 Å². The largest absolute Gasteiger partial charge is 0.481 e. The van der Waals surface area contributed by atoms with E-state index in [0.29, 0.717) is 5.56 Å². The third-order valence-electron chi connectivity index (χ3n) is 3.57. The summed E-state index contributed by atoms with van der Waals surface area (Å²) in [6.45, 7) is 4.79. The summed E-state index contributed by atoms with van der Waals surface area (Å²) in [4.78, 5) is 46.5. The summed E-state index contributed by atoms with van der Waals surface area (Å²) in [5, 5.41) is 22.0. The van der Waals surface area contributed by atoms with Crippen LogP contribution in [0.25, 0.3) is 0 Å². The quantitative estimate of drug-likeness (QED) is 0.537. The van der Waals surface area contributed by atoms with E-state index in [1.54, 1.807) is 13.8 Å². The average molecular weight is 351 g/mol. The summed E-state index contributed by atoms with van der Waals surface area (Å²) in [6.07, 6.45) is -0.181. The molecule has 0 unspecified atom stereocenters. The zero-order valence-electron chi connectivity index (χ0n) is 14.3. The number of benzene rings is 1. The summed E-state index contributed by atoms with van der Waals surface area (Å²) < 4.78 is 0. The van der Waals surface area contributed by atoms with Gasteiger partial charge < -0.3 is 15.3 Å². The molecule has 0 saturated heterocycles. The first-order chi connectivity index (χ1) is 11.6. The van der Waals surface area contributed by atoms with Gasteiger partial charge in [-0.25, -0.2) is 0 Å². The molecule has 0 fully saturated rings. The van der Waals surface area contributed by atoms with Crippen molar-refractivity contribution in [2.45, 2.75) is 33.2 Å². The molecule has 0 saturated carbocycles. The van der Waals surface area contributed by atoms with Gasteiger partial charge in [0, 0.05) is 29.8 Å². The van der Waals surface area contributed by atoms with Crippen LogP contribution in [0.2, 0.25) is 0 Å². The standard InChI is InChI=1S/C16H21N3O6/c1-10(2)18(7-6-15(21)22)14(20)9-17-16(23)12-4-5-13(19(24)25)11(3)8-12/h4-5,8,10H,6-7,9H2,1-3H3,(H,17,23)(H,21,22). The van der Waals surface area contributed by atoms with Crippen molar-refractivity contribution in [3.05, 3.63) is 39.4 Å². The van der Waals surface area contributed by atoms with E-state index in [4.69, 9.17) is 5.11 Å². The summed E-state index contributed by atoms with van der Waals surface area (Å²) in [5.74, 6) is -1.94. The maximum absolute atomic E-state index is 12.2. The summed E-state index contributed by atoms with van der Waals surface area (Å²) in [6, 6.07) is 3.72. The highest BCUT2D eigenvalue weighted by Crippen LogP contribution is 2.18. The third-order valence-corrected chi connectivity index (χ3v) is 3.57. The Morgan fingerprint density at radius 2 is 1.96 bits per heavy atom. The first-order valence-corrected chi connectivity index (χ1v) is 7.68. The van der Waals surface area contributed by atoms with Gasteiger partial charge in [0.05, 0.1) is 17.9 Å². The Morgan fingerprint density at radius 3 is 2.44 bits per heavy atom. The van der Waals surface area contributed by atoms with Gasteiger partial charge in [0.15, 0.2) is 0 Å². The first-order valence-electron chi connectivity index (χ1n) is 7.68. The lowest BCUT2D eigenvalue weighted by Gasteiger charge is -2.26. The number of rotatable bonds is 8. The number of carbonyl (C=O) groups is 3. The van der Waals surface area contributed by atoms with Crippen molar-refractivity contribution in [3.8, 4) is 0 Å². The lowest BCUT2D eigenvalue weighted by atomic mass is 10.1. The Hall–Kier alpha value is -2.97. The summed E-state index contributed by atoms with van der Waals surface area (Å²) in [7, 11) is 0. The van der Waals surface area contributed by atoms with Gasteiger partial charge >= 0.3 is 5.97 Å². The van der Waals surface area contributed by atoms with E-state index >= 15 is 0 Å². The van der Waals surface area contributed by atoms with Gasteiger partial charge in [-0.15, -0.1) is 0 Å². The van der Waals surface area contributed by atoms with Gasteiger partial charge in [-0.2, -0.15) is 0 Å². The molecule has 0 radical (unpaired) electrons. The molecule has 0 aliphatic carbocycles. The normalized spacial score (nSPS) is 10.4. The number of nitro groups is 1. The Balaban J connectivity index is 2.71. The highest BCUT2D eigenvalue weighted by atomic mass is 16.6. The van der Waals surface area contributed by atoms with E-state index in [-0.39, 0.29) is 36.8 Å². The van der Waals surface area contributed by atoms with Crippen LogP contribution < -0.4 is 5.32 Å². The minimum atomic E-state index is -1.01. The number of carboxylic acid groups (broad SMARTS) is 1. The number of amides is 2. The molecule has 1 rings (SSSR count). The smallest absolute Gasteiger partial charge is 0.305 e. The van der Waals surface area contributed by atoms with Crippen LogP contribution in [0.3, 0.4) is 0 Å². The van der Waals surface area contributed by atoms with Crippen LogP contribution in [0.15, 0.2) is 18.2 Å². The SMILES string of the molecule is Cc1cc(C(=O)NCC(=O)N(CCC(=O)O)C(C)C)ccc1[N+](=O)[O-]. The number of hydrogen-bond donors (Lipinski definition) is 2. The highest BCUT2D eigenvalue weighted by molar-refractivity contribution is 5.97. The number of aryl methyl sites for hydroxylation is 1. The summed E-state index contributed by atoms with van der Waals surface area (Å²) >= 11 is 0. The molecule has 0 aliphatic heterocycles. The van der Waals surface area contributed by atoms with Crippen molar-refractivity contribution in [2.24, 2.45) is 0 Å². The van der Waals surface area contributed by atoms with Crippen LogP contribution in [0, 0.1) is 17.0 Å². The zero-order chi connectivity index (χ0) is 19.1. The van der Waals surface area contributed by atoms with Gasteiger partial charge in [-0.3, -0.25) is 24.5 Å². The Labute approximate surface area is 144 Å². The van der Waals surface area contributed by atoms with Gasteiger partial charge in [0.2, 0.25) is 5.91 Å². The van der Waals surface area contributed by atoms with Crippen LogP contribution in [-0.2, 0) is 9.59 Å². The number of aliphatic carboxylic acids is 1. The Morgan fingerprint density at radius 1 is 1.32 bits per heavy atom. The molecule has 9 nitrogen and oxygen atoms in total. The number of hydrogen-bond acceptors (Lipinski definition) is 5.